The lowest BCUT2D eigenvalue weighted by Crippen LogP contribution is -2.23. The van der Waals surface area contributed by atoms with Crippen LogP contribution in [0.15, 0.2) is 76.8 Å². The summed E-state index contributed by atoms with van der Waals surface area (Å²) in [5.74, 6) is -0.434. The Kier molecular flexibility index (Phi) is 5.82. The average Bonchev–Trinajstić information content (AvgIpc) is 3.09. The standard InChI is InChI=1S/C24H23N3O4S/c1-16-12-13-17(32(29,30)27(2)3)14-22(16)25-23(28)15-31-26-24-20-10-6-4-8-18(20)19-9-5-7-11-21(19)24/h4-14H,15H2,1-3H3,(H,25,28). The van der Waals surface area contributed by atoms with Gasteiger partial charge in [-0.3, -0.25) is 4.79 Å². The van der Waals surface area contributed by atoms with Crippen molar-refractivity contribution in [3.63, 3.8) is 0 Å². The van der Waals surface area contributed by atoms with Crippen molar-refractivity contribution in [3.8, 4) is 11.1 Å². The molecule has 0 aliphatic heterocycles. The maximum atomic E-state index is 12.5. The first-order chi connectivity index (χ1) is 15.3. The second kappa shape index (κ2) is 8.57. The smallest absolute Gasteiger partial charge is 0.265 e. The van der Waals surface area contributed by atoms with Crippen molar-refractivity contribution < 1.29 is 18.0 Å². The van der Waals surface area contributed by atoms with Crippen molar-refractivity contribution >= 4 is 27.3 Å². The second-order valence-corrected chi connectivity index (χ2v) is 9.77. The fourth-order valence-corrected chi connectivity index (χ4v) is 4.47. The molecule has 0 atom stereocenters. The number of rotatable bonds is 6. The Morgan fingerprint density at radius 2 is 1.50 bits per heavy atom. The van der Waals surface area contributed by atoms with E-state index in [9.17, 15) is 13.2 Å². The third-order valence-electron chi connectivity index (χ3n) is 5.27. The van der Waals surface area contributed by atoms with Crippen LogP contribution < -0.4 is 5.32 Å². The van der Waals surface area contributed by atoms with Crippen LogP contribution in [0.1, 0.15) is 16.7 Å². The summed E-state index contributed by atoms with van der Waals surface area (Å²) >= 11 is 0. The number of fused-ring (bicyclic) bond motifs is 3. The maximum Gasteiger partial charge on any atom is 0.265 e. The summed E-state index contributed by atoms with van der Waals surface area (Å²) in [5.41, 5.74) is 5.87. The molecule has 0 saturated carbocycles. The number of anilines is 1. The first-order valence-electron chi connectivity index (χ1n) is 10.0. The molecule has 1 N–H and O–H groups in total. The molecule has 0 heterocycles. The van der Waals surface area contributed by atoms with Crippen LogP contribution >= 0.6 is 0 Å². The van der Waals surface area contributed by atoms with E-state index in [-0.39, 0.29) is 11.5 Å². The number of carbonyl (C=O) groups is 1. The quantitative estimate of drug-likeness (QED) is 0.455. The van der Waals surface area contributed by atoms with Gasteiger partial charge in [0.1, 0.15) is 5.71 Å². The lowest BCUT2D eigenvalue weighted by Gasteiger charge is -2.14. The molecule has 8 heteroatoms. The molecule has 0 radical (unpaired) electrons. The Morgan fingerprint density at radius 1 is 0.938 bits per heavy atom. The average molecular weight is 450 g/mol. The molecule has 0 unspecified atom stereocenters. The monoisotopic (exact) mass is 449 g/mol. The summed E-state index contributed by atoms with van der Waals surface area (Å²) in [7, 11) is -0.692. The summed E-state index contributed by atoms with van der Waals surface area (Å²) in [4.78, 5) is 18.0. The zero-order valence-electron chi connectivity index (χ0n) is 18.0. The zero-order chi connectivity index (χ0) is 22.9. The van der Waals surface area contributed by atoms with E-state index >= 15 is 0 Å². The van der Waals surface area contributed by atoms with Crippen LogP contribution in [0, 0.1) is 6.92 Å². The van der Waals surface area contributed by atoms with Gasteiger partial charge < -0.3 is 10.2 Å². The van der Waals surface area contributed by atoms with Crippen LogP contribution in [0.25, 0.3) is 11.1 Å². The van der Waals surface area contributed by atoms with Crippen molar-refractivity contribution in [2.75, 3.05) is 26.0 Å². The topological polar surface area (TPSA) is 88.1 Å². The molecule has 0 fully saturated rings. The fourth-order valence-electron chi connectivity index (χ4n) is 3.54. The summed E-state index contributed by atoms with van der Waals surface area (Å²) in [6.45, 7) is 1.48. The molecule has 3 aromatic rings. The van der Waals surface area contributed by atoms with Gasteiger partial charge in [-0.25, -0.2) is 12.7 Å². The minimum Gasteiger partial charge on any atom is -0.385 e. The van der Waals surface area contributed by atoms with E-state index in [0.29, 0.717) is 11.4 Å². The first-order valence-corrected chi connectivity index (χ1v) is 11.4. The van der Waals surface area contributed by atoms with Gasteiger partial charge in [0.25, 0.3) is 5.91 Å². The number of carbonyl (C=O) groups excluding carboxylic acids is 1. The highest BCUT2D eigenvalue weighted by atomic mass is 32.2. The number of amides is 1. The molecule has 32 heavy (non-hydrogen) atoms. The van der Waals surface area contributed by atoms with Crippen molar-refractivity contribution in [2.24, 2.45) is 5.16 Å². The van der Waals surface area contributed by atoms with Crippen molar-refractivity contribution in [3.05, 3.63) is 83.4 Å². The van der Waals surface area contributed by atoms with Gasteiger partial charge >= 0.3 is 0 Å². The van der Waals surface area contributed by atoms with Crippen LogP contribution in [-0.4, -0.2) is 45.0 Å². The summed E-state index contributed by atoms with van der Waals surface area (Å²) in [6.07, 6.45) is 0. The number of hydrogen-bond acceptors (Lipinski definition) is 5. The Balaban J connectivity index is 1.50. The van der Waals surface area contributed by atoms with E-state index in [2.05, 4.69) is 10.5 Å². The predicted molar refractivity (Wildman–Crippen MR) is 124 cm³/mol. The number of hydrogen-bond donors (Lipinski definition) is 1. The Labute approximate surface area is 187 Å². The highest BCUT2D eigenvalue weighted by Crippen LogP contribution is 2.36. The largest absolute Gasteiger partial charge is 0.385 e. The molecule has 4 rings (SSSR count). The number of aryl methyl sites for hydroxylation is 1. The number of nitrogens with one attached hydrogen (secondary N) is 1. The third-order valence-corrected chi connectivity index (χ3v) is 7.08. The predicted octanol–water partition coefficient (Wildman–Crippen LogP) is 3.63. The molecular formula is C24H23N3O4S. The number of sulfonamides is 1. The van der Waals surface area contributed by atoms with E-state index < -0.39 is 15.9 Å². The Hall–Kier alpha value is -3.49. The minimum atomic E-state index is -3.61. The fraction of sp³-hybridized carbons (Fsp3) is 0.167. The minimum absolute atomic E-state index is 0.101. The normalized spacial score (nSPS) is 12.3. The summed E-state index contributed by atoms with van der Waals surface area (Å²) < 4.78 is 25.9. The van der Waals surface area contributed by atoms with Gasteiger partial charge in [-0.05, 0) is 35.7 Å². The molecule has 1 aliphatic rings. The van der Waals surface area contributed by atoms with Gasteiger partial charge in [-0.15, -0.1) is 0 Å². The lowest BCUT2D eigenvalue weighted by molar-refractivity contribution is -0.120. The molecular weight excluding hydrogens is 426 g/mol. The van der Waals surface area contributed by atoms with Crippen LogP contribution in [0.4, 0.5) is 5.69 Å². The summed E-state index contributed by atoms with van der Waals surface area (Å²) in [6, 6.07) is 20.4. The molecule has 1 amide bonds. The molecule has 3 aromatic carbocycles. The van der Waals surface area contributed by atoms with Crippen molar-refractivity contribution in [1.29, 1.82) is 0 Å². The van der Waals surface area contributed by atoms with E-state index in [4.69, 9.17) is 4.84 Å². The molecule has 0 bridgehead atoms. The number of benzene rings is 3. The van der Waals surface area contributed by atoms with Crippen LogP contribution in [0.3, 0.4) is 0 Å². The van der Waals surface area contributed by atoms with Crippen molar-refractivity contribution in [1.82, 2.24) is 4.31 Å². The van der Waals surface area contributed by atoms with E-state index in [1.807, 2.05) is 48.5 Å². The van der Waals surface area contributed by atoms with Crippen LogP contribution in [0.2, 0.25) is 0 Å². The first kappa shape index (κ1) is 21.7. The number of nitrogens with zero attached hydrogens (tertiary/aromatic N) is 2. The summed E-state index contributed by atoms with van der Waals surface area (Å²) in [5, 5.41) is 6.95. The molecule has 164 valence electrons. The van der Waals surface area contributed by atoms with Gasteiger partial charge in [0.2, 0.25) is 10.0 Å². The van der Waals surface area contributed by atoms with E-state index in [0.717, 1.165) is 32.1 Å². The van der Waals surface area contributed by atoms with Crippen LogP contribution in [-0.2, 0) is 19.7 Å². The zero-order valence-corrected chi connectivity index (χ0v) is 18.8. The van der Waals surface area contributed by atoms with Gasteiger partial charge in [0.05, 0.1) is 4.90 Å². The van der Waals surface area contributed by atoms with E-state index in [1.54, 1.807) is 13.0 Å². The van der Waals surface area contributed by atoms with Gasteiger partial charge in [0.15, 0.2) is 6.61 Å². The Morgan fingerprint density at radius 3 is 2.06 bits per heavy atom. The maximum absolute atomic E-state index is 12.5. The second-order valence-electron chi connectivity index (χ2n) is 7.62. The van der Waals surface area contributed by atoms with Gasteiger partial charge in [-0.1, -0.05) is 59.8 Å². The molecule has 0 spiro atoms. The van der Waals surface area contributed by atoms with Crippen molar-refractivity contribution in [2.45, 2.75) is 11.8 Å². The molecule has 1 aliphatic carbocycles. The molecule has 0 saturated heterocycles. The van der Waals surface area contributed by atoms with E-state index in [1.165, 1.54) is 26.2 Å². The molecule has 7 nitrogen and oxygen atoms in total. The Bertz CT molecular complexity index is 1280. The SMILES string of the molecule is Cc1ccc(S(=O)(=O)N(C)C)cc1NC(=O)CON=C1c2ccccc2-c2ccccc21. The van der Waals surface area contributed by atoms with Gasteiger partial charge in [0, 0.05) is 30.9 Å². The highest BCUT2D eigenvalue weighted by Gasteiger charge is 2.24. The van der Waals surface area contributed by atoms with Crippen LogP contribution in [0.5, 0.6) is 0 Å². The van der Waals surface area contributed by atoms with Gasteiger partial charge in [-0.2, -0.15) is 0 Å². The number of oxime groups is 1. The molecule has 0 aromatic heterocycles. The third kappa shape index (κ3) is 4.02. The highest BCUT2D eigenvalue weighted by molar-refractivity contribution is 7.89. The lowest BCUT2D eigenvalue weighted by atomic mass is 10.1.